The number of hydrogen-bond acceptors (Lipinski definition) is 2. The van der Waals surface area contributed by atoms with Crippen molar-refractivity contribution in [2.24, 2.45) is 0 Å². The third kappa shape index (κ3) is 4.10. The van der Waals surface area contributed by atoms with E-state index in [0.29, 0.717) is 24.4 Å². The summed E-state index contributed by atoms with van der Waals surface area (Å²) in [6, 6.07) is 13.4. The minimum Gasteiger partial charge on any atom is -0.490 e. The Kier molecular flexibility index (Phi) is 4.96. The highest BCUT2D eigenvalue weighted by molar-refractivity contribution is 9.10. The maximum Gasteiger partial charge on any atom is 0.253 e. The highest BCUT2D eigenvalue weighted by Crippen LogP contribution is 2.21. The van der Waals surface area contributed by atoms with Gasteiger partial charge in [0.1, 0.15) is 17.7 Å². The number of hydrogen-bond donors (Lipinski definition) is 0. The molecule has 2 aromatic rings. The minimum absolute atomic E-state index is 0.0535. The third-order valence-corrected chi connectivity index (χ3v) is 4.47. The van der Waals surface area contributed by atoms with Gasteiger partial charge in [-0.05, 0) is 48.5 Å². The zero-order valence-electron chi connectivity index (χ0n) is 12.5. The Morgan fingerprint density at radius 1 is 1.04 bits per heavy atom. The van der Waals surface area contributed by atoms with Gasteiger partial charge in [-0.2, -0.15) is 0 Å². The first-order chi connectivity index (χ1) is 11.1. The Balaban J connectivity index is 1.54. The van der Waals surface area contributed by atoms with Gasteiger partial charge in [0, 0.05) is 36.0 Å². The standard InChI is InChI=1S/C18H17BrFNO2/c19-14-3-1-13(2-4-14)18(22)21-11-9-17(10-12-21)23-16-7-5-15(20)6-8-16/h1-8,17H,9-12H2. The van der Waals surface area contributed by atoms with Gasteiger partial charge in [-0.1, -0.05) is 15.9 Å². The van der Waals surface area contributed by atoms with E-state index in [0.717, 1.165) is 17.3 Å². The Labute approximate surface area is 143 Å². The van der Waals surface area contributed by atoms with Crippen LogP contribution in [0.2, 0.25) is 0 Å². The molecule has 1 saturated heterocycles. The molecule has 0 atom stereocenters. The molecule has 3 rings (SSSR count). The van der Waals surface area contributed by atoms with Gasteiger partial charge in [0.05, 0.1) is 0 Å². The first-order valence-corrected chi connectivity index (χ1v) is 8.38. The largest absolute Gasteiger partial charge is 0.490 e. The maximum atomic E-state index is 12.9. The minimum atomic E-state index is -0.271. The van der Waals surface area contributed by atoms with E-state index in [-0.39, 0.29) is 17.8 Å². The van der Waals surface area contributed by atoms with Crippen molar-refractivity contribution in [2.45, 2.75) is 18.9 Å². The van der Waals surface area contributed by atoms with E-state index in [9.17, 15) is 9.18 Å². The van der Waals surface area contributed by atoms with Gasteiger partial charge in [0.2, 0.25) is 0 Å². The molecule has 0 unspecified atom stereocenters. The molecular weight excluding hydrogens is 361 g/mol. The average Bonchev–Trinajstić information content (AvgIpc) is 2.58. The molecule has 23 heavy (non-hydrogen) atoms. The average molecular weight is 378 g/mol. The molecule has 0 aliphatic carbocycles. The van der Waals surface area contributed by atoms with Crippen molar-refractivity contribution in [1.82, 2.24) is 4.90 Å². The van der Waals surface area contributed by atoms with E-state index >= 15 is 0 Å². The molecule has 5 heteroatoms. The number of benzene rings is 2. The van der Waals surface area contributed by atoms with Crippen molar-refractivity contribution >= 4 is 21.8 Å². The molecular formula is C18H17BrFNO2. The lowest BCUT2D eigenvalue weighted by atomic mass is 10.1. The number of carbonyl (C=O) groups is 1. The van der Waals surface area contributed by atoms with Gasteiger partial charge >= 0.3 is 0 Å². The molecule has 0 saturated carbocycles. The lowest BCUT2D eigenvalue weighted by Crippen LogP contribution is -2.41. The number of amides is 1. The summed E-state index contributed by atoms with van der Waals surface area (Å²) in [4.78, 5) is 14.3. The predicted molar refractivity (Wildman–Crippen MR) is 90.1 cm³/mol. The number of nitrogens with zero attached hydrogens (tertiary/aromatic N) is 1. The summed E-state index contributed by atoms with van der Waals surface area (Å²) < 4.78 is 19.7. The first kappa shape index (κ1) is 16.0. The Morgan fingerprint density at radius 3 is 2.26 bits per heavy atom. The molecule has 2 aromatic carbocycles. The van der Waals surface area contributed by atoms with Crippen LogP contribution in [-0.2, 0) is 0 Å². The summed E-state index contributed by atoms with van der Waals surface area (Å²) in [5.74, 6) is 0.453. The van der Waals surface area contributed by atoms with Gasteiger partial charge in [-0.3, -0.25) is 4.79 Å². The number of halogens is 2. The van der Waals surface area contributed by atoms with E-state index in [1.54, 1.807) is 12.1 Å². The number of piperidine rings is 1. The topological polar surface area (TPSA) is 29.5 Å². The Morgan fingerprint density at radius 2 is 1.65 bits per heavy atom. The van der Waals surface area contributed by atoms with Crippen molar-refractivity contribution in [2.75, 3.05) is 13.1 Å². The van der Waals surface area contributed by atoms with Crippen molar-refractivity contribution in [3.63, 3.8) is 0 Å². The van der Waals surface area contributed by atoms with Crippen molar-refractivity contribution in [1.29, 1.82) is 0 Å². The van der Waals surface area contributed by atoms with Gasteiger partial charge < -0.3 is 9.64 Å². The van der Waals surface area contributed by atoms with E-state index < -0.39 is 0 Å². The fourth-order valence-corrected chi connectivity index (χ4v) is 2.92. The molecule has 1 aliphatic rings. The predicted octanol–water partition coefficient (Wildman–Crippen LogP) is 4.27. The quantitative estimate of drug-likeness (QED) is 0.798. The van der Waals surface area contributed by atoms with Crippen LogP contribution in [0.1, 0.15) is 23.2 Å². The van der Waals surface area contributed by atoms with E-state index in [2.05, 4.69) is 15.9 Å². The lowest BCUT2D eigenvalue weighted by molar-refractivity contribution is 0.0595. The van der Waals surface area contributed by atoms with Crippen LogP contribution in [0, 0.1) is 5.82 Å². The van der Waals surface area contributed by atoms with Crippen LogP contribution in [0.5, 0.6) is 5.75 Å². The molecule has 1 aliphatic heterocycles. The van der Waals surface area contributed by atoms with Crippen molar-refractivity contribution in [3.05, 3.63) is 64.4 Å². The number of rotatable bonds is 3. The van der Waals surface area contributed by atoms with E-state index in [1.165, 1.54) is 12.1 Å². The second-order valence-corrected chi connectivity index (χ2v) is 6.49. The number of ether oxygens (including phenoxy) is 1. The fraction of sp³-hybridized carbons (Fsp3) is 0.278. The van der Waals surface area contributed by atoms with E-state index in [4.69, 9.17) is 4.74 Å². The van der Waals surface area contributed by atoms with Crippen LogP contribution in [-0.4, -0.2) is 30.0 Å². The molecule has 1 amide bonds. The zero-order chi connectivity index (χ0) is 16.2. The van der Waals surface area contributed by atoms with Crippen LogP contribution in [0.15, 0.2) is 53.0 Å². The SMILES string of the molecule is O=C(c1ccc(Br)cc1)N1CCC(Oc2ccc(F)cc2)CC1. The molecule has 0 N–H and O–H groups in total. The zero-order valence-corrected chi connectivity index (χ0v) is 14.1. The summed E-state index contributed by atoms with van der Waals surface area (Å²) in [7, 11) is 0. The summed E-state index contributed by atoms with van der Waals surface area (Å²) in [5.41, 5.74) is 0.700. The van der Waals surface area contributed by atoms with Gasteiger partial charge in [-0.15, -0.1) is 0 Å². The van der Waals surface area contributed by atoms with Crippen LogP contribution in [0.4, 0.5) is 4.39 Å². The summed E-state index contributed by atoms with van der Waals surface area (Å²) in [5, 5.41) is 0. The van der Waals surface area contributed by atoms with Gasteiger partial charge in [-0.25, -0.2) is 4.39 Å². The van der Waals surface area contributed by atoms with Crippen molar-refractivity contribution in [3.8, 4) is 5.75 Å². The Bertz CT molecular complexity index is 664. The molecule has 1 fully saturated rings. The highest BCUT2D eigenvalue weighted by atomic mass is 79.9. The smallest absolute Gasteiger partial charge is 0.253 e. The molecule has 3 nitrogen and oxygen atoms in total. The Hall–Kier alpha value is -1.88. The second kappa shape index (κ2) is 7.13. The summed E-state index contributed by atoms with van der Waals surface area (Å²) in [6.07, 6.45) is 1.62. The summed E-state index contributed by atoms with van der Waals surface area (Å²) >= 11 is 3.37. The highest BCUT2D eigenvalue weighted by Gasteiger charge is 2.24. The van der Waals surface area contributed by atoms with Gasteiger partial charge in [0.15, 0.2) is 0 Å². The van der Waals surface area contributed by atoms with Crippen LogP contribution in [0.3, 0.4) is 0 Å². The lowest BCUT2D eigenvalue weighted by Gasteiger charge is -2.32. The fourth-order valence-electron chi connectivity index (χ4n) is 2.66. The van der Waals surface area contributed by atoms with Crippen molar-refractivity contribution < 1.29 is 13.9 Å². The molecule has 1 heterocycles. The molecule has 0 radical (unpaired) electrons. The first-order valence-electron chi connectivity index (χ1n) is 7.59. The van der Waals surface area contributed by atoms with E-state index in [1.807, 2.05) is 29.2 Å². The van der Waals surface area contributed by atoms with Crippen LogP contribution in [0.25, 0.3) is 0 Å². The monoisotopic (exact) mass is 377 g/mol. The second-order valence-electron chi connectivity index (χ2n) is 5.57. The third-order valence-electron chi connectivity index (χ3n) is 3.94. The molecule has 0 spiro atoms. The molecule has 120 valence electrons. The maximum absolute atomic E-state index is 12.9. The normalized spacial score (nSPS) is 15.5. The van der Waals surface area contributed by atoms with Crippen LogP contribution < -0.4 is 4.74 Å². The van der Waals surface area contributed by atoms with Gasteiger partial charge in [0.25, 0.3) is 5.91 Å². The number of likely N-dealkylation sites (tertiary alicyclic amines) is 1. The van der Waals surface area contributed by atoms with Crippen LogP contribution >= 0.6 is 15.9 Å². The number of carbonyl (C=O) groups excluding carboxylic acids is 1. The summed E-state index contributed by atoms with van der Waals surface area (Å²) in [6.45, 7) is 1.33. The molecule has 0 bridgehead atoms. The molecule has 0 aromatic heterocycles.